The number of allylic oxidation sites excluding steroid dienone is 1. The van der Waals surface area contributed by atoms with Crippen LogP contribution in [-0.2, 0) is 14.3 Å². The molecular formula is C30H51NO8. The van der Waals surface area contributed by atoms with E-state index in [0.717, 1.165) is 0 Å². The summed E-state index contributed by atoms with van der Waals surface area (Å²) in [7, 11) is 0. The maximum atomic E-state index is 11.9. The van der Waals surface area contributed by atoms with Crippen molar-refractivity contribution >= 4 is 12.1 Å². The molecule has 9 nitrogen and oxygen atoms in total. The van der Waals surface area contributed by atoms with Crippen LogP contribution in [0.15, 0.2) is 37.0 Å². The molecule has 0 spiro atoms. The highest BCUT2D eigenvalue weighted by Gasteiger charge is 2.40. The predicted octanol–water partition coefficient (Wildman–Crippen LogP) is 3.35. The van der Waals surface area contributed by atoms with E-state index in [2.05, 4.69) is 6.58 Å². The maximum Gasteiger partial charge on any atom is 0.404 e. The van der Waals surface area contributed by atoms with Crippen LogP contribution in [0.3, 0.4) is 0 Å². The summed E-state index contributed by atoms with van der Waals surface area (Å²) in [6.45, 7) is 16.5. The first kappa shape index (κ1) is 34.8. The Kier molecular flexibility index (Phi) is 14.4. The van der Waals surface area contributed by atoms with Crippen molar-refractivity contribution in [2.24, 2.45) is 47.2 Å². The van der Waals surface area contributed by atoms with E-state index in [1.54, 1.807) is 32.1 Å². The molecule has 1 fully saturated rings. The lowest BCUT2D eigenvalue weighted by Gasteiger charge is -2.36. The Morgan fingerprint density at radius 2 is 1.62 bits per heavy atom. The summed E-state index contributed by atoms with van der Waals surface area (Å²) in [5.74, 6) is -2.46. The lowest BCUT2D eigenvalue weighted by molar-refractivity contribution is -0.179. The second kappa shape index (κ2) is 16.2. The Labute approximate surface area is 233 Å². The minimum atomic E-state index is -0.890. The van der Waals surface area contributed by atoms with Crippen LogP contribution < -0.4 is 5.73 Å². The molecule has 0 bridgehead atoms. The minimum absolute atomic E-state index is 0.137. The number of aliphatic hydroxyl groups is 4. The topological polar surface area (TPSA) is 160 Å². The zero-order valence-corrected chi connectivity index (χ0v) is 24.5. The molecule has 1 aliphatic heterocycles. The molecule has 224 valence electrons. The predicted molar refractivity (Wildman–Crippen MR) is 150 cm³/mol. The first-order chi connectivity index (χ1) is 18.1. The SMILES string of the molecule is C=C[C@H](C)[C@H](OC(N)=O)[C@@H](C)[C@H](O)[C@@H](C)C/C=C\[C@H](C)[C@@H](O)[C@@H](C)/C=C\[C@@H](O)C[C@@H]1OC(=O)[C@H](C)[C@@H](O)[C@H]1C. The molecule has 0 aromatic heterocycles. The molecule has 1 amide bonds. The van der Waals surface area contributed by atoms with Gasteiger partial charge in [-0.2, -0.15) is 0 Å². The molecule has 1 aliphatic rings. The number of carbonyl (C=O) groups excluding carboxylic acids is 2. The van der Waals surface area contributed by atoms with Crippen LogP contribution in [0.1, 0.15) is 61.3 Å². The van der Waals surface area contributed by atoms with Gasteiger partial charge in [-0.15, -0.1) is 6.58 Å². The summed E-state index contributed by atoms with van der Waals surface area (Å²) in [6, 6.07) is 0. The standard InChI is InChI=1S/C30H51NO8/c1-9-16(2)28(39-30(31)37)21(7)26(34)18(4)12-10-11-17(3)25(33)19(5)13-14-23(32)15-24-20(6)27(35)22(8)29(36)38-24/h9-11,13-14,16-28,32-35H,1,12,15H2,2-8H3,(H2,31,37)/b11-10-,14-13-/t16-,17-,18-,19-,20-,21-,22+,23+,24-,25+,26+,27-,28-/m0/s1. The van der Waals surface area contributed by atoms with Crippen LogP contribution in [0, 0.1) is 41.4 Å². The van der Waals surface area contributed by atoms with Crippen LogP contribution in [0.2, 0.25) is 0 Å². The van der Waals surface area contributed by atoms with Crippen molar-refractivity contribution in [1.82, 2.24) is 0 Å². The van der Waals surface area contributed by atoms with E-state index in [-0.39, 0.29) is 41.9 Å². The number of hydrogen-bond acceptors (Lipinski definition) is 8. The Morgan fingerprint density at radius 3 is 2.18 bits per heavy atom. The number of esters is 1. The molecule has 6 N–H and O–H groups in total. The zero-order chi connectivity index (χ0) is 30.0. The molecule has 39 heavy (non-hydrogen) atoms. The molecule has 0 radical (unpaired) electrons. The summed E-state index contributed by atoms with van der Waals surface area (Å²) >= 11 is 0. The second-order valence-corrected chi connectivity index (χ2v) is 11.5. The number of cyclic esters (lactones) is 1. The fourth-order valence-electron chi connectivity index (χ4n) is 5.09. The van der Waals surface area contributed by atoms with Crippen LogP contribution in [0.4, 0.5) is 4.79 Å². The molecule has 1 heterocycles. The number of rotatable bonds is 15. The molecule has 9 heteroatoms. The summed E-state index contributed by atoms with van der Waals surface area (Å²) in [5.41, 5.74) is 5.21. The molecule has 0 aliphatic carbocycles. The zero-order valence-electron chi connectivity index (χ0n) is 24.5. The van der Waals surface area contributed by atoms with Crippen LogP contribution in [0.5, 0.6) is 0 Å². The third kappa shape index (κ3) is 10.4. The number of aliphatic hydroxyl groups excluding tert-OH is 4. The molecule has 0 aromatic carbocycles. The molecule has 1 saturated heterocycles. The maximum absolute atomic E-state index is 11.9. The fraction of sp³-hybridized carbons (Fsp3) is 0.733. The van der Waals surface area contributed by atoms with Gasteiger partial charge in [0.05, 0.1) is 30.3 Å². The van der Waals surface area contributed by atoms with Gasteiger partial charge in [-0.05, 0) is 19.3 Å². The van der Waals surface area contributed by atoms with E-state index in [0.29, 0.717) is 6.42 Å². The second-order valence-electron chi connectivity index (χ2n) is 11.5. The number of primary amides is 1. The van der Waals surface area contributed by atoms with Crippen LogP contribution in [0.25, 0.3) is 0 Å². The molecule has 1 rings (SSSR count). The lowest BCUT2D eigenvalue weighted by Crippen LogP contribution is -2.47. The molecule has 0 aromatic rings. The van der Waals surface area contributed by atoms with Crippen molar-refractivity contribution in [1.29, 1.82) is 0 Å². The third-order valence-corrected chi connectivity index (χ3v) is 8.19. The largest absolute Gasteiger partial charge is 0.462 e. The van der Waals surface area contributed by atoms with Gasteiger partial charge in [0, 0.05) is 36.0 Å². The van der Waals surface area contributed by atoms with Gasteiger partial charge in [-0.25, -0.2) is 4.79 Å². The Hall–Kier alpha value is -2.20. The summed E-state index contributed by atoms with van der Waals surface area (Å²) < 4.78 is 10.6. The molecular weight excluding hydrogens is 502 g/mol. The van der Waals surface area contributed by atoms with Gasteiger partial charge in [0.25, 0.3) is 0 Å². The fourth-order valence-corrected chi connectivity index (χ4v) is 5.09. The monoisotopic (exact) mass is 553 g/mol. The van der Waals surface area contributed by atoms with Gasteiger partial charge in [0.2, 0.25) is 0 Å². The van der Waals surface area contributed by atoms with E-state index >= 15 is 0 Å². The quantitative estimate of drug-likeness (QED) is 0.152. The number of nitrogens with two attached hydrogens (primary N) is 1. The van der Waals surface area contributed by atoms with Gasteiger partial charge < -0.3 is 35.6 Å². The van der Waals surface area contributed by atoms with Crippen LogP contribution in [-0.4, -0.2) is 69.1 Å². The number of hydrogen-bond donors (Lipinski definition) is 5. The van der Waals surface area contributed by atoms with Crippen molar-refractivity contribution < 1.29 is 39.5 Å². The highest BCUT2D eigenvalue weighted by molar-refractivity contribution is 5.73. The average molecular weight is 554 g/mol. The van der Waals surface area contributed by atoms with E-state index in [9.17, 15) is 30.0 Å². The first-order valence-electron chi connectivity index (χ1n) is 14.0. The molecule has 0 saturated carbocycles. The number of carbonyl (C=O) groups is 2. The lowest BCUT2D eigenvalue weighted by atomic mass is 9.82. The third-order valence-electron chi connectivity index (χ3n) is 8.19. The molecule has 0 unspecified atom stereocenters. The smallest absolute Gasteiger partial charge is 0.404 e. The van der Waals surface area contributed by atoms with E-state index in [1.165, 1.54) is 0 Å². The Balaban J connectivity index is 2.63. The number of amides is 1. The highest BCUT2D eigenvalue weighted by atomic mass is 16.6. The average Bonchev–Trinajstić information content (AvgIpc) is 2.89. The van der Waals surface area contributed by atoms with E-state index in [4.69, 9.17) is 15.2 Å². The van der Waals surface area contributed by atoms with Crippen molar-refractivity contribution in [3.63, 3.8) is 0 Å². The summed E-state index contributed by atoms with van der Waals surface area (Å²) in [4.78, 5) is 23.2. The van der Waals surface area contributed by atoms with Crippen molar-refractivity contribution in [3.05, 3.63) is 37.0 Å². The highest BCUT2D eigenvalue weighted by Crippen LogP contribution is 2.30. The summed E-state index contributed by atoms with van der Waals surface area (Å²) in [5, 5.41) is 42.3. The van der Waals surface area contributed by atoms with Crippen molar-refractivity contribution in [3.8, 4) is 0 Å². The Bertz CT molecular complexity index is 845. The minimum Gasteiger partial charge on any atom is -0.462 e. The van der Waals surface area contributed by atoms with E-state index < -0.39 is 54.6 Å². The first-order valence-corrected chi connectivity index (χ1v) is 14.0. The number of ether oxygens (including phenoxy) is 2. The van der Waals surface area contributed by atoms with Gasteiger partial charge in [0.15, 0.2) is 0 Å². The van der Waals surface area contributed by atoms with Gasteiger partial charge in [-0.1, -0.05) is 71.9 Å². The van der Waals surface area contributed by atoms with Gasteiger partial charge >= 0.3 is 12.1 Å². The van der Waals surface area contributed by atoms with Crippen molar-refractivity contribution in [2.45, 2.75) is 97.9 Å². The van der Waals surface area contributed by atoms with Gasteiger partial charge in [0.1, 0.15) is 12.2 Å². The van der Waals surface area contributed by atoms with Gasteiger partial charge in [-0.3, -0.25) is 4.79 Å². The Morgan fingerprint density at radius 1 is 1.03 bits per heavy atom. The van der Waals surface area contributed by atoms with Crippen LogP contribution >= 0.6 is 0 Å². The van der Waals surface area contributed by atoms with Crippen molar-refractivity contribution in [2.75, 3.05) is 0 Å². The normalized spacial score (nSPS) is 29.1. The molecule has 13 atom stereocenters. The summed E-state index contributed by atoms with van der Waals surface area (Å²) in [6.07, 6.45) is 4.31. The van der Waals surface area contributed by atoms with E-state index in [1.807, 2.05) is 46.8 Å².